The van der Waals surface area contributed by atoms with Crippen LogP contribution < -0.4 is 0 Å². The fraction of sp³-hybridized carbons (Fsp3) is 0.786. The van der Waals surface area contributed by atoms with Crippen molar-refractivity contribution in [3.8, 4) is 0 Å². The highest BCUT2D eigenvalue weighted by molar-refractivity contribution is 7.47. The fourth-order valence-corrected chi connectivity index (χ4v) is 4.15. The second-order valence-electron chi connectivity index (χ2n) is 9.27. The first-order valence-corrected chi connectivity index (χ1v) is 15.5. The van der Waals surface area contributed by atoms with Crippen LogP contribution in [0.3, 0.4) is 0 Å². The second kappa shape index (κ2) is 26.8. The molecule has 0 rings (SSSR count). The number of unbranched alkanes of at least 4 members (excludes halogenated alkanes) is 10. The van der Waals surface area contributed by atoms with E-state index in [1.807, 2.05) is 0 Å². The van der Waals surface area contributed by atoms with Gasteiger partial charge in [-0.3, -0.25) is 9.05 Å². The highest BCUT2D eigenvalue weighted by Crippen LogP contribution is 2.43. The molecule has 37 heavy (non-hydrogen) atoms. The molecule has 8 nitrogen and oxygen atoms in total. The van der Waals surface area contributed by atoms with Crippen molar-refractivity contribution < 1.29 is 38.6 Å². The molecule has 0 saturated carbocycles. The standard InChI is InChI=1S/C28H53O8P/c1-2-3-4-5-6-7-8-9-10-11-12-13-14-15-16-17-18-19-20-21-22-34-24-28(31)26-36-37(32,33)35-25-27(30)23-29/h6-7,9-10,12-13,27-31H,2-5,8,11,14-26H2,1H3,(H,32,33)/b7-6-,10-9-,13-12-. The van der Waals surface area contributed by atoms with Crippen molar-refractivity contribution in [2.45, 2.75) is 109 Å². The Bertz CT molecular complexity index is 623. The lowest BCUT2D eigenvalue weighted by Gasteiger charge is -2.16. The van der Waals surface area contributed by atoms with Crippen LogP contribution in [-0.4, -0.2) is 65.5 Å². The summed E-state index contributed by atoms with van der Waals surface area (Å²) in [6.45, 7) is 1.19. The van der Waals surface area contributed by atoms with Crippen molar-refractivity contribution in [3.05, 3.63) is 36.5 Å². The number of ether oxygens (including phenoxy) is 1. The van der Waals surface area contributed by atoms with E-state index in [4.69, 9.17) is 14.9 Å². The van der Waals surface area contributed by atoms with Crippen LogP contribution >= 0.6 is 7.82 Å². The number of phosphoric ester groups is 1. The average Bonchev–Trinajstić information content (AvgIpc) is 2.89. The van der Waals surface area contributed by atoms with E-state index in [0.29, 0.717) is 6.61 Å². The summed E-state index contributed by atoms with van der Waals surface area (Å²) in [4.78, 5) is 9.42. The third-order valence-electron chi connectivity index (χ3n) is 5.56. The molecule has 218 valence electrons. The summed E-state index contributed by atoms with van der Waals surface area (Å²) in [5, 5.41) is 27.5. The Morgan fingerprint density at radius 3 is 1.73 bits per heavy atom. The molecule has 0 bridgehead atoms. The molecule has 4 N–H and O–H groups in total. The third kappa shape index (κ3) is 28.0. The van der Waals surface area contributed by atoms with E-state index < -0.39 is 39.9 Å². The summed E-state index contributed by atoms with van der Waals surface area (Å²) in [5.74, 6) is 0. The molecule has 3 atom stereocenters. The van der Waals surface area contributed by atoms with Gasteiger partial charge in [0.25, 0.3) is 0 Å². The van der Waals surface area contributed by atoms with Crippen LogP contribution in [0, 0.1) is 0 Å². The lowest BCUT2D eigenvalue weighted by Crippen LogP contribution is -2.23. The Kier molecular flexibility index (Phi) is 26.2. The van der Waals surface area contributed by atoms with Crippen LogP contribution in [0.15, 0.2) is 36.5 Å². The van der Waals surface area contributed by atoms with E-state index in [9.17, 15) is 14.6 Å². The Labute approximate surface area is 225 Å². The van der Waals surface area contributed by atoms with Crippen LogP contribution in [0.2, 0.25) is 0 Å². The molecule has 0 saturated heterocycles. The smallest absolute Gasteiger partial charge is 0.394 e. The number of aliphatic hydroxyl groups excluding tert-OH is 3. The zero-order chi connectivity index (χ0) is 27.5. The van der Waals surface area contributed by atoms with Crippen LogP contribution in [0.25, 0.3) is 0 Å². The van der Waals surface area contributed by atoms with Crippen molar-refractivity contribution >= 4 is 7.82 Å². The second-order valence-corrected chi connectivity index (χ2v) is 10.7. The molecule has 0 heterocycles. The lowest BCUT2D eigenvalue weighted by molar-refractivity contribution is -0.00437. The lowest BCUT2D eigenvalue weighted by atomic mass is 10.1. The summed E-state index contributed by atoms with van der Waals surface area (Å²) < 4.78 is 26.1. The van der Waals surface area contributed by atoms with Gasteiger partial charge in [-0.05, 0) is 44.9 Å². The van der Waals surface area contributed by atoms with Crippen molar-refractivity contribution in [2.75, 3.05) is 33.0 Å². The summed E-state index contributed by atoms with van der Waals surface area (Å²) in [6.07, 6.45) is 27.6. The molecule has 0 aromatic rings. The predicted octanol–water partition coefficient (Wildman–Crippen LogP) is 6.00. The van der Waals surface area contributed by atoms with E-state index in [2.05, 4.69) is 52.4 Å². The van der Waals surface area contributed by atoms with Crippen LogP contribution in [0.5, 0.6) is 0 Å². The number of hydrogen-bond acceptors (Lipinski definition) is 7. The van der Waals surface area contributed by atoms with E-state index in [1.165, 1.54) is 51.4 Å². The molecular weight excluding hydrogens is 495 g/mol. The SMILES string of the molecule is CCCCC/C=C\C/C=C\C/C=C\CCCCCCCCCOCC(O)COP(=O)(O)OCC(O)CO. The van der Waals surface area contributed by atoms with Crippen molar-refractivity contribution in [2.24, 2.45) is 0 Å². The van der Waals surface area contributed by atoms with Gasteiger partial charge in [-0.15, -0.1) is 0 Å². The first kappa shape index (κ1) is 36.2. The highest BCUT2D eigenvalue weighted by Gasteiger charge is 2.24. The molecular formula is C28H53O8P. The number of hydrogen-bond donors (Lipinski definition) is 4. The number of rotatable bonds is 27. The minimum Gasteiger partial charge on any atom is -0.394 e. The van der Waals surface area contributed by atoms with E-state index >= 15 is 0 Å². The van der Waals surface area contributed by atoms with Crippen molar-refractivity contribution in [1.29, 1.82) is 0 Å². The van der Waals surface area contributed by atoms with Crippen LogP contribution in [-0.2, 0) is 18.3 Å². The molecule has 9 heteroatoms. The minimum atomic E-state index is -4.39. The maximum Gasteiger partial charge on any atom is 0.472 e. The Morgan fingerprint density at radius 1 is 0.676 bits per heavy atom. The first-order valence-electron chi connectivity index (χ1n) is 14.0. The number of phosphoric acid groups is 1. The molecule has 0 aliphatic heterocycles. The molecule has 0 spiro atoms. The maximum absolute atomic E-state index is 11.6. The van der Waals surface area contributed by atoms with Gasteiger partial charge in [-0.1, -0.05) is 88.3 Å². The van der Waals surface area contributed by atoms with E-state index in [1.54, 1.807) is 0 Å². The monoisotopic (exact) mass is 548 g/mol. The minimum absolute atomic E-state index is 0.00124. The Hall–Kier alpha value is -0.830. The van der Waals surface area contributed by atoms with Gasteiger partial charge in [0.1, 0.15) is 12.2 Å². The summed E-state index contributed by atoms with van der Waals surface area (Å²) in [7, 11) is -4.39. The van der Waals surface area contributed by atoms with Gasteiger partial charge in [0.15, 0.2) is 0 Å². The molecule has 0 amide bonds. The molecule has 0 aliphatic rings. The topological polar surface area (TPSA) is 126 Å². The van der Waals surface area contributed by atoms with Crippen LogP contribution in [0.1, 0.15) is 96.8 Å². The van der Waals surface area contributed by atoms with E-state index in [-0.39, 0.29) is 6.61 Å². The summed E-state index contributed by atoms with van der Waals surface area (Å²) in [5.41, 5.74) is 0. The molecule has 0 aliphatic carbocycles. The zero-order valence-corrected chi connectivity index (χ0v) is 23.8. The average molecular weight is 549 g/mol. The first-order chi connectivity index (χ1) is 17.9. The fourth-order valence-electron chi connectivity index (χ4n) is 3.36. The predicted molar refractivity (Wildman–Crippen MR) is 149 cm³/mol. The number of allylic oxidation sites excluding steroid dienone is 6. The number of aliphatic hydroxyl groups is 3. The molecule has 3 unspecified atom stereocenters. The highest BCUT2D eigenvalue weighted by atomic mass is 31.2. The summed E-state index contributed by atoms with van der Waals surface area (Å²) in [6, 6.07) is 0. The zero-order valence-electron chi connectivity index (χ0n) is 22.9. The normalized spacial score (nSPS) is 15.7. The quantitative estimate of drug-likeness (QED) is 0.0559. The summed E-state index contributed by atoms with van der Waals surface area (Å²) >= 11 is 0. The van der Waals surface area contributed by atoms with Gasteiger partial charge in [0, 0.05) is 6.61 Å². The third-order valence-corrected chi connectivity index (χ3v) is 6.51. The van der Waals surface area contributed by atoms with Gasteiger partial charge in [-0.25, -0.2) is 4.57 Å². The van der Waals surface area contributed by atoms with E-state index in [0.717, 1.165) is 38.5 Å². The van der Waals surface area contributed by atoms with Crippen molar-refractivity contribution in [1.82, 2.24) is 0 Å². The Morgan fingerprint density at radius 2 is 1.16 bits per heavy atom. The van der Waals surface area contributed by atoms with Crippen LogP contribution in [0.4, 0.5) is 0 Å². The van der Waals surface area contributed by atoms with Gasteiger partial charge >= 0.3 is 7.82 Å². The molecule has 0 radical (unpaired) electrons. The van der Waals surface area contributed by atoms with Gasteiger partial charge < -0.3 is 24.9 Å². The molecule has 0 fully saturated rings. The van der Waals surface area contributed by atoms with Gasteiger partial charge in [0.2, 0.25) is 0 Å². The molecule has 0 aromatic heterocycles. The Balaban J connectivity index is 3.44. The molecule has 0 aromatic carbocycles. The van der Waals surface area contributed by atoms with Gasteiger partial charge in [-0.2, -0.15) is 0 Å². The van der Waals surface area contributed by atoms with Gasteiger partial charge in [0.05, 0.1) is 26.4 Å². The largest absolute Gasteiger partial charge is 0.472 e. The maximum atomic E-state index is 11.6. The van der Waals surface area contributed by atoms with Crippen molar-refractivity contribution in [3.63, 3.8) is 0 Å².